The van der Waals surface area contributed by atoms with Crippen LogP contribution in [0.3, 0.4) is 0 Å². The topological polar surface area (TPSA) is 49.8 Å². The molecule has 146 valence electrons. The molecule has 0 aromatic heterocycles. The van der Waals surface area contributed by atoms with E-state index >= 15 is 0 Å². The van der Waals surface area contributed by atoms with Crippen LogP contribution in [-0.4, -0.2) is 41.7 Å². The van der Waals surface area contributed by atoms with Gasteiger partial charge in [0.2, 0.25) is 0 Å². The van der Waals surface area contributed by atoms with Gasteiger partial charge in [0, 0.05) is 16.5 Å². The normalized spacial score (nSPS) is 16.7. The lowest BCUT2D eigenvalue weighted by molar-refractivity contribution is -0.142. The minimum atomic E-state index is -0.781. The first-order chi connectivity index (χ1) is 12.5. The minimum Gasteiger partial charge on any atom is -0.491 e. The molecule has 0 saturated carbocycles. The molecule has 1 aliphatic heterocycles. The zero-order valence-corrected chi connectivity index (χ0v) is 16.8. The molecule has 1 aliphatic rings. The number of benzene rings is 2. The molecular weight excluding hydrogens is 412 g/mol. The van der Waals surface area contributed by atoms with Crippen molar-refractivity contribution in [2.45, 2.75) is 28.7 Å². The lowest BCUT2D eigenvalue weighted by atomic mass is 10.2. The van der Waals surface area contributed by atoms with Crippen LogP contribution >= 0.6 is 35.8 Å². The smallest absolute Gasteiger partial charge is 0.320 e. The predicted molar refractivity (Wildman–Crippen MR) is 107 cm³/mol. The Labute approximate surface area is 173 Å². The fraction of sp³-hybridized carbons (Fsp3) is 0.316. The van der Waals surface area contributed by atoms with Crippen LogP contribution in [0.1, 0.15) is 12.8 Å². The second kappa shape index (κ2) is 10.2. The summed E-state index contributed by atoms with van der Waals surface area (Å²) in [7, 11) is 0. The molecule has 0 amide bonds. The Balaban J connectivity index is 0.00000261. The van der Waals surface area contributed by atoms with E-state index in [1.807, 2.05) is 11.0 Å². The highest BCUT2D eigenvalue weighted by Crippen LogP contribution is 2.37. The van der Waals surface area contributed by atoms with E-state index in [9.17, 15) is 14.3 Å². The second-order valence-electron chi connectivity index (χ2n) is 6.03. The van der Waals surface area contributed by atoms with Gasteiger partial charge in [0.05, 0.1) is 4.90 Å². The van der Waals surface area contributed by atoms with Gasteiger partial charge < -0.3 is 9.84 Å². The highest BCUT2D eigenvalue weighted by molar-refractivity contribution is 7.99. The SMILES string of the molecule is Cl.O=C(O)C1CCCN1CCOc1ccc(Cl)cc1Sc1cccc(F)c1. The summed E-state index contributed by atoms with van der Waals surface area (Å²) < 4.78 is 19.3. The maximum absolute atomic E-state index is 13.4. The van der Waals surface area contributed by atoms with Gasteiger partial charge in [0.1, 0.15) is 24.2 Å². The van der Waals surface area contributed by atoms with Crippen molar-refractivity contribution in [1.29, 1.82) is 0 Å². The molecule has 2 aromatic carbocycles. The quantitative estimate of drug-likeness (QED) is 0.669. The van der Waals surface area contributed by atoms with Crippen LogP contribution < -0.4 is 4.74 Å². The first-order valence-electron chi connectivity index (χ1n) is 8.35. The van der Waals surface area contributed by atoms with Crippen LogP contribution in [-0.2, 0) is 4.79 Å². The fourth-order valence-electron chi connectivity index (χ4n) is 2.98. The van der Waals surface area contributed by atoms with Gasteiger partial charge in [0.25, 0.3) is 0 Å². The molecule has 8 heteroatoms. The molecule has 2 aromatic rings. The summed E-state index contributed by atoms with van der Waals surface area (Å²) in [5.74, 6) is -0.431. The second-order valence-corrected chi connectivity index (χ2v) is 7.58. The number of halogens is 3. The Kier molecular flexibility index (Phi) is 8.23. The number of hydrogen-bond donors (Lipinski definition) is 1. The number of carboxylic acids is 1. The number of carboxylic acid groups (broad SMARTS) is 1. The monoisotopic (exact) mass is 431 g/mol. The first kappa shape index (κ1) is 21.8. The molecule has 1 unspecified atom stereocenters. The summed E-state index contributed by atoms with van der Waals surface area (Å²) in [6.45, 7) is 1.69. The van der Waals surface area contributed by atoms with E-state index in [0.29, 0.717) is 30.3 Å². The molecular formula is C19H20Cl2FNO3S. The van der Waals surface area contributed by atoms with Crippen molar-refractivity contribution >= 4 is 41.7 Å². The van der Waals surface area contributed by atoms with Gasteiger partial charge >= 0.3 is 5.97 Å². The zero-order chi connectivity index (χ0) is 18.5. The maximum Gasteiger partial charge on any atom is 0.320 e. The Bertz CT molecular complexity index is 793. The predicted octanol–water partition coefficient (Wildman–Crippen LogP) is 4.98. The molecule has 0 spiro atoms. The lowest BCUT2D eigenvalue weighted by Gasteiger charge is -2.21. The van der Waals surface area contributed by atoms with Crippen molar-refractivity contribution in [3.05, 3.63) is 53.3 Å². The number of ether oxygens (including phenoxy) is 1. The van der Waals surface area contributed by atoms with Crippen molar-refractivity contribution in [3.63, 3.8) is 0 Å². The van der Waals surface area contributed by atoms with E-state index in [-0.39, 0.29) is 18.2 Å². The molecule has 1 fully saturated rings. The number of nitrogens with zero attached hydrogens (tertiary/aromatic N) is 1. The first-order valence-corrected chi connectivity index (χ1v) is 9.55. The van der Waals surface area contributed by atoms with Gasteiger partial charge in [-0.1, -0.05) is 29.4 Å². The van der Waals surface area contributed by atoms with Crippen molar-refractivity contribution in [3.8, 4) is 5.75 Å². The van der Waals surface area contributed by atoms with E-state index in [4.69, 9.17) is 16.3 Å². The summed E-state index contributed by atoms with van der Waals surface area (Å²) in [4.78, 5) is 14.7. The van der Waals surface area contributed by atoms with Gasteiger partial charge in [-0.2, -0.15) is 0 Å². The molecule has 0 bridgehead atoms. The molecule has 27 heavy (non-hydrogen) atoms. The standard InChI is InChI=1S/C19H19ClFNO3S.ClH/c20-13-6-7-17(18(11-13)26-15-4-1-3-14(21)12-15)25-10-9-22-8-2-5-16(22)19(23)24;/h1,3-4,6-7,11-12,16H,2,5,8-10H2,(H,23,24);1H. The van der Waals surface area contributed by atoms with E-state index in [0.717, 1.165) is 22.8 Å². The van der Waals surface area contributed by atoms with Crippen LogP contribution in [0.4, 0.5) is 4.39 Å². The number of carbonyl (C=O) groups is 1. The third-order valence-electron chi connectivity index (χ3n) is 4.21. The Morgan fingerprint density at radius 1 is 1.33 bits per heavy atom. The molecule has 1 heterocycles. The van der Waals surface area contributed by atoms with Crippen molar-refractivity contribution in [2.24, 2.45) is 0 Å². The number of rotatable bonds is 7. The minimum absolute atomic E-state index is 0. The van der Waals surface area contributed by atoms with Crippen LogP contribution in [0, 0.1) is 5.82 Å². The summed E-state index contributed by atoms with van der Waals surface area (Å²) in [6, 6.07) is 11.2. The van der Waals surface area contributed by atoms with Crippen LogP contribution in [0.2, 0.25) is 5.02 Å². The number of hydrogen-bond acceptors (Lipinski definition) is 4. The molecule has 3 rings (SSSR count). The largest absolute Gasteiger partial charge is 0.491 e. The Hall–Kier alpha value is -1.47. The van der Waals surface area contributed by atoms with Crippen molar-refractivity contribution in [1.82, 2.24) is 4.90 Å². The lowest BCUT2D eigenvalue weighted by Crippen LogP contribution is -2.38. The number of likely N-dealkylation sites (tertiary alicyclic amines) is 1. The van der Waals surface area contributed by atoms with Gasteiger partial charge in [-0.05, 0) is 55.8 Å². The molecule has 4 nitrogen and oxygen atoms in total. The highest BCUT2D eigenvalue weighted by atomic mass is 35.5. The average Bonchev–Trinajstić information content (AvgIpc) is 3.06. The van der Waals surface area contributed by atoms with E-state index in [2.05, 4.69) is 0 Å². The highest BCUT2D eigenvalue weighted by Gasteiger charge is 2.29. The van der Waals surface area contributed by atoms with Crippen molar-refractivity contribution < 1.29 is 19.0 Å². The third kappa shape index (κ3) is 6.01. The summed E-state index contributed by atoms with van der Waals surface area (Å²) in [6.07, 6.45) is 1.57. The maximum atomic E-state index is 13.4. The Morgan fingerprint density at radius 3 is 2.89 bits per heavy atom. The van der Waals surface area contributed by atoms with Gasteiger partial charge in [-0.25, -0.2) is 4.39 Å². The molecule has 1 saturated heterocycles. The summed E-state index contributed by atoms with van der Waals surface area (Å²) in [5, 5.41) is 9.80. The summed E-state index contributed by atoms with van der Waals surface area (Å²) >= 11 is 7.46. The van der Waals surface area contributed by atoms with Gasteiger partial charge in [-0.15, -0.1) is 12.4 Å². The fourth-order valence-corrected chi connectivity index (χ4v) is 4.21. The van der Waals surface area contributed by atoms with E-state index in [1.54, 1.807) is 24.3 Å². The van der Waals surface area contributed by atoms with Crippen LogP contribution in [0.15, 0.2) is 52.3 Å². The molecule has 0 radical (unpaired) electrons. The third-order valence-corrected chi connectivity index (χ3v) is 5.48. The van der Waals surface area contributed by atoms with E-state index < -0.39 is 12.0 Å². The number of aliphatic carboxylic acids is 1. The molecule has 0 aliphatic carbocycles. The van der Waals surface area contributed by atoms with Crippen LogP contribution in [0.5, 0.6) is 5.75 Å². The molecule has 1 atom stereocenters. The van der Waals surface area contributed by atoms with E-state index in [1.165, 1.54) is 23.9 Å². The summed E-state index contributed by atoms with van der Waals surface area (Å²) in [5.41, 5.74) is 0. The molecule has 1 N–H and O–H groups in total. The van der Waals surface area contributed by atoms with Crippen LogP contribution in [0.25, 0.3) is 0 Å². The van der Waals surface area contributed by atoms with Gasteiger partial charge in [0.15, 0.2) is 0 Å². The Morgan fingerprint density at radius 2 is 2.15 bits per heavy atom. The van der Waals surface area contributed by atoms with Crippen molar-refractivity contribution in [2.75, 3.05) is 19.7 Å². The zero-order valence-electron chi connectivity index (χ0n) is 14.4. The van der Waals surface area contributed by atoms with Gasteiger partial charge in [-0.3, -0.25) is 9.69 Å². The average molecular weight is 432 g/mol.